The molecule has 1 heterocycles. The number of rotatable bonds is 5. The first-order chi connectivity index (χ1) is 13.2. The second kappa shape index (κ2) is 7.81. The number of hydrogen-bond acceptors (Lipinski definition) is 4. The molecule has 0 bridgehead atoms. The van der Waals surface area contributed by atoms with E-state index in [4.69, 9.17) is 0 Å². The van der Waals surface area contributed by atoms with Gasteiger partial charge in [0, 0.05) is 5.69 Å². The third kappa shape index (κ3) is 4.74. The number of anilines is 1. The van der Waals surface area contributed by atoms with Crippen molar-refractivity contribution >= 4 is 50.8 Å². The number of hydrogen-bond donors (Lipinski definition) is 2. The van der Waals surface area contributed by atoms with Crippen molar-refractivity contribution in [3.05, 3.63) is 59.1 Å². The first kappa shape index (κ1) is 19.6. The van der Waals surface area contributed by atoms with Crippen LogP contribution in [0.2, 0.25) is 0 Å². The van der Waals surface area contributed by atoms with Crippen LogP contribution in [-0.2, 0) is 9.59 Å². The van der Waals surface area contributed by atoms with Gasteiger partial charge in [-0.2, -0.15) is 13.2 Å². The number of halogens is 3. The van der Waals surface area contributed by atoms with Gasteiger partial charge in [-0.05, 0) is 41.5 Å². The number of carbonyl (C=O) groups is 2. The van der Waals surface area contributed by atoms with Gasteiger partial charge in [0.25, 0.3) is 0 Å². The fraction of sp³-hybridized carbons (Fsp3) is 0.105. The molecule has 9 heteroatoms. The van der Waals surface area contributed by atoms with Crippen LogP contribution >= 0.6 is 11.3 Å². The number of aliphatic carboxylic acids is 1. The summed E-state index contributed by atoms with van der Waals surface area (Å²) in [4.78, 5) is 26.8. The minimum absolute atomic E-state index is 0.0463. The van der Waals surface area contributed by atoms with Crippen molar-refractivity contribution in [2.24, 2.45) is 0 Å². The zero-order chi connectivity index (χ0) is 20.3. The van der Waals surface area contributed by atoms with E-state index in [0.717, 1.165) is 10.2 Å². The number of thiazole rings is 1. The number of carbonyl (C=O) groups excluding carboxylic acids is 1. The Hall–Kier alpha value is -3.20. The number of alkyl halides is 3. The average molecular weight is 406 g/mol. The van der Waals surface area contributed by atoms with E-state index in [1.54, 1.807) is 17.4 Å². The van der Waals surface area contributed by atoms with Crippen LogP contribution in [0.5, 0.6) is 0 Å². The van der Waals surface area contributed by atoms with E-state index in [0.29, 0.717) is 16.1 Å². The zero-order valence-electron chi connectivity index (χ0n) is 14.2. The van der Waals surface area contributed by atoms with Gasteiger partial charge in [-0.3, -0.25) is 9.59 Å². The van der Waals surface area contributed by atoms with Gasteiger partial charge in [0.1, 0.15) is 5.01 Å². The van der Waals surface area contributed by atoms with Crippen LogP contribution in [0.3, 0.4) is 0 Å². The SMILES string of the molecule is O=C(O)C/C(=C/c1cccc(NC(=O)C(F)(F)F)c1)c1nc2ccccc2s1. The van der Waals surface area contributed by atoms with Crippen LogP contribution in [-0.4, -0.2) is 28.1 Å². The lowest BCUT2D eigenvalue weighted by atomic mass is 10.1. The number of nitrogens with zero attached hydrogens (tertiary/aromatic N) is 1. The Morgan fingerprint density at radius 3 is 2.57 bits per heavy atom. The molecule has 1 amide bonds. The van der Waals surface area contributed by atoms with Gasteiger partial charge in [0.15, 0.2) is 0 Å². The van der Waals surface area contributed by atoms with Crippen LogP contribution < -0.4 is 5.32 Å². The van der Waals surface area contributed by atoms with Gasteiger partial charge in [0.2, 0.25) is 0 Å². The Labute approximate surface area is 161 Å². The highest BCUT2D eigenvalue weighted by Crippen LogP contribution is 2.30. The van der Waals surface area contributed by atoms with Gasteiger partial charge in [-0.1, -0.05) is 24.3 Å². The van der Waals surface area contributed by atoms with Gasteiger partial charge in [0.05, 0.1) is 16.6 Å². The Morgan fingerprint density at radius 1 is 1.14 bits per heavy atom. The van der Waals surface area contributed by atoms with Crippen LogP contribution in [0.25, 0.3) is 21.9 Å². The van der Waals surface area contributed by atoms with E-state index >= 15 is 0 Å². The molecule has 28 heavy (non-hydrogen) atoms. The van der Waals surface area contributed by atoms with E-state index in [9.17, 15) is 27.9 Å². The molecule has 144 valence electrons. The number of fused-ring (bicyclic) bond motifs is 1. The molecule has 0 aliphatic carbocycles. The molecule has 0 aliphatic heterocycles. The molecular formula is C19H13F3N2O3S. The van der Waals surface area contributed by atoms with E-state index in [1.165, 1.54) is 35.6 Å². The lowest BCUT2D eigenvalue weighted by Gasteiger charge is -2.09. The Bertz CT molecular complexity index is 1040. The number of carboxylic acids is 1. The van der Waals surface area contributed by atoms with Crippen LogP contribution in [0, 0.1) is 0 Å². The molecule has 0 radical (unpaired) electrons. The summed E-state index contributed by atoms with van der Waals surface area (Å²) < 4.78 is 38.1. The molecule has 5 nitrogen and oxygen atoms in total. The maximum atomic E-state index is 12.4. The van der Waals surface area contributed by atoms with Crippen molar-refractivity contribution in [1.82, 2.24) is 4.98 Å². The van der Waals surface area contributed by atoms with Crippen molar-refractivity contribution in [2.45, 2.75) is 12.6 Å². The van der Waals surface area contributed by atoms with E-state index in [1.807, 2.05) is 18.2 Å². The lowest BCUT2D eigenvalue weighted by molar-refractivity contribution is -0.167. The van der Waals surface area contributed by atoms with Crippen LogP contribution in [0.1, 0.15) is 17.0 Å². The van der Waals surface area contributed by atoms with Crippen molar-refractivity contribution in [3.63, 3.8) is 0 Å². The van der Waals surface area contributed by atoms with Crippen LogP contribution in [0.15, 0.2) is 48.5 Å². The molecule has 0 aliphatic rings. The first-order valence-corrected chi connectivity index (χ1v) is 8.80. The van der Waals surface area contributed by atoms with E-state index in [2.05, 4.69) is 4.98 Å². The predicted octanol–water partition coefficient (Wildman–Crippen LogP) is 4.81. The molecular weight excluding hydrogens is 393 g/mol. The number of aromatic nitrogens is 1. The van der Waals surface area contributed by atoms with Crippen molar-refractivity contribution in [1.29, 1.82) is 0 Å². The molecule has 0 fully saturated rings. The predicted molar refractivity (Wildman–Crippen MR) is 101 cm³/mol. The van der Waals surface area contributed by atoms with Crippen LogP contribution in [0.4, 0.5) is 18.9 Å². The fourth-order valence-electron chi connectivity index (χ4n) is 2.47. The van der Waals surface area contributed by atoms with E-state index in [-0.39, 0.29) is 12.1 Å². The number of nitrogens with one attached hydrogen (secondary N) is 1. The Kier molecular flexibility index (Phi) is 5.46. The highest BCUT2D eigenvalue weighted by atomic mass is 32.1. The minimum Gasteiger partial charge on any atom is -0.481 e. The monoisotopic (exact) mass is 406 g/mol. The summed E-state index contributed by atoms with van der Waals surface area (Å²) in [5.41, 5.74) is 1.53. The highest BCUT2D eigenvalue weighted by molar-refractivity contribution is 7.19. The summed E-state index contributed by atoms with van der Waals surface area (Å²) in [6, 6.07) is 13.0. The summed E-state index contributed by atoms with van der Waals surface area (Å²) in [5.74, 6) is -3.14. The fourth-order valence-corrected chi connectivity index (χ4v) is 3.45. The van der Waals surface area contributed by atoms with Gasteiger partial charge >= 0.3 is 18.1 Å². The quantitative estimate of drug-likeness (QED) is 0.637. The maximum absolute atomic E-state index is 12.4. The van der Waals surface area contributed by atoms with E-state index < -0.39 is 18.1 Å². The second-order valence-electron chi connectivity index (χ2n) is 5.80. The average Bonchev–Trinajstić information content (AvgIpc) is 3.04. The Morgan fingerprint density at radius 2 is 1.89 bits per heavy atom. The Balaban J connectivity index is 1.95. The first-order valence-electron chi connectivity index (χ1n) is 7.99. The summed E-state index contributed by atoms with van der Waals surface area (Å²) >= 11 is 1.32. The summed E-state index contributed by atoms with van der Waals surface area (Å²) in [6.45, 7) is 0. The standard InChI is InChI=1S/C19H13F3N2O3S/c20-19(21,22)18(27)23-13-5-3-4-11(9-13)8-12(10-16(25)26)17-24-14-6-1-2-7-15(14)28-17/h1-9H,10H2,(H,23,27)(H,25,26)/b12-8-. The number of benzene rings is 2. The second-order valence-corrected chi connectivity index (χ2v) is 6.83. The molecule has 2 N–H and O–H groups in total. The molecule has 0 saturated heterocycles. The largest absolute Gasteiger partial charge is 0.481 e. The minimum atomic E-state index is -5.00. The zero-order valence-corrected chi connectivity index (χ0v) is 15.0. The van der Waals surface area contributed by atoms with Gasteiger partial charge in [-0.25, -0.2) is 4.98 Å². The molecule has 0 atom stereocenters. The molecule has 0 saturated carbocycles. The van der Waals surface area contributed by atoms with Crippen molar-refractivity contribution in [3.8, 4) is 0 Å². The molecule has 0 unspecified atom stereocenters. The van der Waals surface area contributed by atoms with Gasteiger partial charge in [-0.15, -0.1) is 11.3 Å². The summed E-state index contributed by atoms with van der Waals surface area (Å²) in [6.07, 6.45) is -3.77. The highest BCUT2D eigenvalue weighted by Gasteiger charge is 2.38. The third-order valence-electron chi connectivity index (χ3n) is 3.65. The summed E-state index contributed by atoms with van der Waals surface area (Å²) in [5, 5.41) is 11.5. The van der Waals surface area contributed by atoms with Crippen molar-refractivity contribution in [2.75, 3.05) is 5.32 Å². The smallest absolute Gasteiger partial charge is 0.471 e. The molecule has 3 rings (SSSR count). The topological polar surface area (TPSA) is 79.3 Å². The number of carboxylic acid groups (broad SMARTS) is 1. The maximum Gasteiger partial charge on any atom is 0.471 e. The third-order valence-corrected chi connectivity index (χ3v) is 4.77. The molecule has 3 aromatic rings. The van der Waals surface area contributed by atoms with Gasteiger partial charge < -0.3 is 10.4 Å². The number of para-hydroxylation sites is 1. The summed E-state index contributed by atoms with van der Waals surface area (Å²) in [7, 11) is 0. The normalized spacial score (nSPS) is 12.2. The molecule has 0 spiro atoms. The van der Waals surface area contributed by atoms with Crippen molar-refractivity contribution < 1.29 is 27.9 Å². The molecule has 1 aromatic heterocycles. The lowest BCUT2D eigenvalue weighted by Crippen LogP contribution is -2.29. The molecule has 2 aromatic carbocycles. The number of amides is 1.